The van der Waals surface area contributed by atoms with E-state index in [1.807, 2.05) is 67.6 Å². The molecule has 0 saturated carbocycles. The second-order valence-electron chi connectivity index (χ2n) is 5.77. The van der Waals surface area contributed by atoms with Crippen LogP contribution in [0.1, 0.15) is 16.7 Å². The Morgan fingerprint density at radius 1 is 0.920 bits per heavy atom. The number of halogens is 1. The van der Waals surface area contributed by atoms with Crippen molar-refractivity contribution in [1.82, 2.24) is 0 Å². The maximum absolute atomic E-state index is 14.0. The molecular weight excluding hydrogens is 313 g/mol. The second kappa shape index (κ2) is 7.58. The van der Waals surface area contributed by atoms with Crippen LogP contribution in [0.25, 0.3) is 11.6 Å². The van der Waals surface area contributed by atoms with Gasteiger partial charge < -0.3 is 5.32 Å². The predicted molar refractivity (Wildman–Crippen MR) is 101 cm³/mol. The molecule has 3 aromatic rings. The molecule has 0 fully saturated rings. The number of carbonyl (C=O) groups is 1. The van der Waals surface area contributed by atoms with E-state index in [1.54, 1.807) is 18.2 Å². The Kier molecular flexibility index (Phi) is 5.05. The van der Waals surface area contributed by atoms with Crippen molar-refractivity contribution in [3.05, 3.63) is 101 Å². The summed E-state index contributed by atoms with van der Waals surface area (Å²) in [4.78, 5) is 12.8. The Morgan fingerprint density at radius 3 is 2.24 bits per heavy atom. The summed E-state index contributed by atoms with van der Waals surface area (Å²) in [6, 6.07) is 23.6. The lowest BCUT2D eigenvalue weighted by molar-refractivity contribution is -0.111. The summed E-state index contributed by atoms with van der Waals surface area (Å²) in [5.41, 5.74) is 3.22. The number of benzene rings is 3. The predicted octanol–water partition coefficient (Wildman–Crippen LogP) is 5.31. The Labute approximate surface area is 146 Å². The molecule has 3 aromatic carbocycles. The minimum atomic E-state index is -0.453. The van der Waals surface area contributed by atoms with Gasteiger partial charge in [-0.25, -0.2) is 4.39 Å². The SMILES string of the molecule is Cc1ccc(F)c(NC(=O)C(=Cc2ccccc2)c2ccccc2)c1. The van der Waals surface area contributed by atoms with E-state index in [9.17, 15) is 9.18 Å². The average molecular weight is 331 g/mol. The van der Waals surface area contributed by atoms with Gasteiger partial charge in [0.25, 0.3) is 5.91 Å². The van der Waals surface area contributed by atoms with Crippen LogP contribution < -0.4 is 5.32 Å². The first-order chi connectivity index (χ1) is 12.1. The normalized spacial score (nSPS) is 11.2. The smallest absolute Gasteiger partial charge is 0.256 e. The quantitative estimate of drug-likeness (QED) is 0.509. The maximum atomic E-state index is 14.0. The Morgan fingerprint density at radius 2 is 1.56 bits per heavy atom. The summed E-state index contributed by atoms with van der Waals surface area (Å²) in [6.07, 6.45) is 1.80. The van der Waals surface area contributed by atoms with Crippen molar-refractivity contribution < 1.29 is 9.18 Å². The van der Waals surface area contributed by atoms with E-state index in [0.29, 0.717) is 5.57 Å². The van der Waals surface area contributed by atoms with Crippen molar-refractivity contribution in [2.24, 2.45) is 0 Å². The number of hydrogen-bond acceptors (Lipinski definition) is 1. The van der Waals surface area contributed by atoms with Crippen molar-refractivity contribution in [1.29, 1.82) is 0 Å². The third-order valence-corrected chi connectivity index (χ3v) is 3.81. The molecule has 3 heteroatoms. The number of anilines is 1. The standard InChI is InChI=1S/C22H18FNO/c1-16-12-13-20(23)21(14-16)24-22(25)19(18-10-6-3-7-11-18)15-17-8-4-2-5-9-17/h2-15H,1H3,(H,24,25). The highest BCUT2D eigenvalue weighted by Crippen LogP contribution is 2.22. The van der Waals surface area contributed by atoms with E-state index < -0.39 is 5.82 Å². The zero-order valence-corrected chi connectivity index (χ0v) is 13.9. The first-order valence-corrected chi connectivity index (χ1v) is 8.03. The number of amides is 1. The summed E-state index contributed by atoms with van der Waals surface area (Å²) >= 11 is 0. The summed E-state index contributed by atoms with van der Waals surface area (Å²) < 4.78 is 14.0. The first kappa shape index (κ1) is 16.7. The molecule has 0 radical (unpaired) electrons. The lowest BCUT2D eigenvalue weighted by Gasteiger charge is -2.11. The van der Waals surface area contributed by atoms with Gasteiger partial charge >= 0.3 is 0 Å². The van der Waals surface area contributed by atoms with Crippen LogP contribution in [0.2, 0.25) is 0 Å². The molecule has 0 aliphatic carbocycles. The second-order valence-corrected chi connectivity index (χ2v) is 5.77. The highest BCUT2D eigenvalue weighted by molar-refractivity contribution is 6.29. The minimum absolute atomic E-state index is 0.180. The van der Waals surface area contributed by atoms with Crippen LogP contribution >= 0.6 is 0 Å². The van der Waals surface area contributed by atoms with E-state index in [1.165, 1.54) is 6.07 Å². The monoisotopic (exact) mass is 331 g/mol. The van der Waals surface area contributed by atoms with Gasteiger partial charge in [-0.15, -0.1) is 0 Å². The molecule has 0 aromatic heterocycles. The zero-order valence-electron chi connectivity index (χ0n) is 13.9. The third-order valence-electron chi connectivity index (χ3n) is 3.81. The van der Waals surface area contributed by atoms with Gasteiger partial charge in [0.05, 0.1) is 5.69 Å². The lowest BCUT2D eigenvalue weighted by Crippen LogP contribution is -2.14. The molecule has 0 aliphatic heterocycles. The fraction of sp³-hybridized carbons (Fsp3) is 0.0455. The van der Waals surface area contributed by atoms with E-state index >= 15 is 0 Å². The molecule has 124 valence electrons. The molecule has 0 bridgehead atoms. The van der Waals surface area contributed by atoms with Crippen molar-refractivity contribution >= 4 is 23.2 Å². The summed E-state index contributed by atoms with van der Waals surface area (Å²) in [6.45, 7) is 1.85. The van der Waals surface area contributed by atoms with Gasteiger partial charge in [0.2, 0.25) is 0 Å². The van der Waals surface area contributed by atoms with Crippen molar-refractivity contribution in [3.8, 4) is 0 Å². The number of carbonyl (C=O) groups excluding carboxylic acids is 1. The molecule has 0 spiro atoms. The van der Waals surface area contributed by atoms with Gasteiger partial charge in [-0.1, -0.05) is 66.7 Å². The molecule has 0 heterocycles. The van der Waals surface area contributed by atoms with Crippen molar-refractivity contribution in [2.75, 3.05) is 5.32 Å². The van der Waals surface area contributed by atoms with Crippen molar-refractivity contribution in [3.63, 3.8) is 0 Å². The minimum Gasteiger partial charge on any atom is -0.319 e. The summed E-state index contributed by atoms with van der Waals surface area (Å²) in [5.74, 6) is -0.800. The van der Waals surface area contributed by atoms with Gasteiger partial charge in [0.15, 0.2) is 0 Å². The lowest BCUT2D eigenvalue weighted by atomic mass is 10.0. The summed E-state index contributed by atoms with van der Waals surface area (Å²) in [5, 5.41) is 2.69. The molecule has 0 aliphatic rings. The molecule has 0 unspecified atom stereocenters. The fourth-order valence-electron chi connectivity index (χ4n) is 2.54. The highest BCUT2D eigenvalue weighted by Gasteiger charge is 2.14. The fourth-order valence-corrected chi connectivity index (χ4v) is 2.54. The van der Waals surface area contributed by atoms with Crippen LogP contribution in [0.4, 0.5) is 10.1 Å². The summed E-state index contributed by atoms with van der Waals surface area (Å²) in [7, 11) is 0. The van der Waals surface area contributed by atoms with E-state index in [0.717, 1.165) is 16.7 Å². The average Bonchev–Trinajstić information content (AvgIpc) is 2.64. The van der Waals surface area contributed by atoms with Crippen LogP contribution in [-0.2, 0) is 4.79 Å². The topological polar surface area (TPSA) is 29.1 Å². The van der Waals surface area contributed by atoms with Crippen molar-refractivity contribution in [2.45, 2.75) is 6.92 Å². The largest absolute Gasteiger partial charge is 0.319 e. The molecule has 1 amide bonds. The Balaban J connectivity index is 1.98. The number of aryl methyl sites for hydroxylation is 1. The van der Waals surface area contributed by atoms with Crippen LogP contribution in [0.15, 0.2) is 78.9 Å². The maximum Gasteiger partial charge on any atom is 0.256 e. The van der Waals surface area contributed by atoms with Gasteiger partial charge in [0.1, 0.15) is 5.82 Å². The Bertz CT molecular complexity index is 902. The molecule has 0 atom stereocenters. The third kappa shape index (κ3) is 4.21. The highest BCUT2D eigenvalue weighted by atomic mass is 19.1. The molecule has 1 N–H and O–H groups in total. The van der Waals surface area contributed by atoms with Crippen LogP contribution in [-0.4, -0.2) is 5.91 Å². The van der Waals surface area contributed by atoms with Crippen LogP contribution in [0.3, 0.4) is 0 Å². The van der Waals surface area contributed by atoms with Gasteiger partial charge in [-0.3, -0.25) is 4.79 Å². The molecule has 25 heavy (non-hydrogen) atoms. The van der Waals surface area contributed by atoms with Crippen LogP contribution in [0.5, 0.6) is 0 Å². The van der Waals surface area contributed by atoms with Gasteiger partial charge in [-0.2, -0.15) is 0 Å². The van der Waals surface area contributed by atoms with Crippen LogP contribution in [0, 0.1) is 12.7 Å². The molecule has 3 rings (SSSR count). The molecule has 0 saturated heterocycles. The number of rotatable bonds is 4. The molecular formula is C22H18FNO. The zero-order chi connectivity index (χ0) is 17.6. The molecule has 2 nitrogen and oxygen atoms in total. The van der Waals surface area contributed by atoms with E-state index in [4.69, 9.17) is 0 Å². The van der Waals surface area contributed by atoms with Gasteiger partial charge in [0, 0.05) is 5.57 Å². The Hall–Kier alpha value is -3.20. The van der Waals surface area contributed by atoms with Gasteiger partial charge in [-0.05, 0) is 41.8 Å². The number of nitrogens with one attached hydrogen (secondary N) is 1. The number of hydrogen-bond donors (Lipinski definition) is 1. The first-order valence-electron chi connectivity index (χ1n) is 8.03. The van der Waals surface area contributed by atoms with E-state index in [-0.39, 0.29) is 11.6 Å². The van der Waals surface area contributed by atoms with E-state index in [2.05, 4.69) is 5.32 Å².